The molecule has 0 heterocycles. The van der Waals surface area contributed by atoms with E-state index in [2.05, 4.69) is 4.74 Å². The normalized spacial score (nSPS) is 9.50. The van der Waals surface area contributed by atoms with E-state index < -0.39 is 23.9 Å². The van der Waals surface area contributed by atoms with E-state index >= 15 is 0 Å². The van der Waals surface area contributed by atoms with Gasteiger partial charge in [0.2, 0.25) is 0 Å². The van der Waals surface area contributed by atoms with Crippen molar-refractivity contribution < 1.29 is 39.2 Å². The molecular formula is C14H14O8. The van der Waals surface area contributed by atoms with Crippen LogP contribution in [0.25, 0.3) is 0 Å². The molecule has 0 radical (unpaired) electrons. The summed E-state index contributed by atoms with van der Waals surface area (Å²) in [5.74, 6) is -4.25. The van der Waals surface area contributed by atoms with Crippen LogP contribution in [0.15, 0.2) is 36.4 Å². The molecule has 0 saturated carbocycles. The molecule has 1 rings (SSSR count). The number of carbonyl (C=O) groups excluding carboxylic acids is 1. The van der Waals surface area contributed by atoms with Crippen LogP contribution in [0.2, 0.25) is 0 Å². The van der Waals surface area contributed by atoms with E-state index in [0.717, 1.165) is 12.2 Å². The number of rotatable bonds is 5. The highest BCUT2D eigenvalue weighted by molar-refractivity contribution is 6.01. The largest absolute Gasteiger partial charge is 0.478 e. The molecule has 22 heavy (non-hydrogen) atoms. The van der Waals surface area contributed by atoms with Crippen LogP contribution in [0.5, 0.6) is 0 Å². The van der Waals surface area contributed by atoms with Gasteiger partial charge in [0.1, 0.15) is 0 Å². The van der Waals surface area contributed by atoms with Gasteiger partial charge in [-0.2, -0.15) is 0 Å². The van der Waals surface area contributed by atoms with E-state index in [1.54, 1.807) is 6.92 Å². The molecule has 3 N–H and O–H groups in total. The number of carbonyl (C=O) groups is 4. The highest BCUT2D eigenvalue weighted by Gasteiger charge is 2.13. The van der Waals surface area contributed by atoms with Crippen molar-refractivity contribution in [2.24, 2.45) is 0 Å². The fourth-order valence-electron chi connectivity index (χ4n) is 1.19. The van der Waals surface area contributed by atoms with E-state index in [1.165, 1.54) is 24.3 Å². The smallest absolute Gasteiger partial charge is 0.336 e. The third-order valence-corrected chi connectivity index (χ3v) is 2.04. The Balaban J connectivity index is 0.000000409. The summed E-state index contributed by atoms with van der Waals surface area (Å²) < 4.78 is 4.40. The van der Waals surface area contributed by atoms with Crippen molar-refractivity contribution in [1.29, 1.82) is 0 Å². The second-order valence-electron chi connectivity index (χ2n) is 3.58. The van der Waals surface area contributed by atoms with Crippen LogP contribution in [0.1, 0.15) is 27.6 Å². The molecule has 1 aromatic rings. The SMILES string of the molecule is CCOC(=O)C=CC(=O)O.O=C(O)c1ccccc1C(=O)O. The standard InChI is InChI=1S/C8H6O4.C6H8O4/c9-7(10)5-3-1-2-4-6(5)8(11)12;1-2-10-6(9)4-3-5(7)8/h1-4H,(H,9,10)(H,11,12);3-4H,2H2,1H3,(H,7,8). The van der Waals surface area contributed by atoms with Crippen LogP contribution in [0.3, 0.4) is 0 Å². The number of hydrogen-bond donors (Lipinski definition) is 3. The summed E-state index contributed by atoms with van der Waals surface area (Å²) in [6.07, 6.45) is 1.60. The third-order valence-electron chi connectivity index (χ3n) is 2.04. The molecule has 0 amide bonds. The minimum atomic E-state index is -1.23. The van der Waals surface area contributed by atoms with Crippen molar-refractivity contribution in [1.82, 2.24) is 0 Å². The van der Waals surface area contributed by atoms with E-state index in [0.29, 0.717) is 0 Å². The summed E-state index contributed by atoms with van der Waals surface area (Å²) >= 11 is 0. The Hall–Kier alpha value is -3.16. The van der Waals surface area contributed by atoms with Crippen LogP contribution < -0.4 is 0 Å². The minimum Gasteiger partial charge on any atom is -0.478 e. The van der Waals surface area contributed by atoms with Gasteiger partial charge in [-0.1, -0.05) is 12.1 Å². The fourth-order valence-corrected chi connectivity index (χ4v) is 1.19. The molecule has 0 aliphatic heterocycles. The Morgan fingerprint density at radius 1 is 0.955 bits per heavy atom. The van der Waals surface area contributed by atoms with Gasteiger partial charge in [-0.05, 0) is 19.1 Å². The number of carboxylic acid groups (broad SMARTS) is 3. The number of carboxylic acids is 3. The zero-order valence-corrected chi connectivity index (χ0v) is 11.6. The molecule has 0 aliphatic carbocycles. The Bertz CT molecular complexity index is 555. The van der Waals surface area contributed by atoms with Crippen LogP contribution in [-0.4, -0.2) is 45.8 Å². The molecule has 1 aromatic carbocycles. The van der Waals surface area contributed by atoms with E-state index in [9.17, 15) is 19.2 Å². The second-order valence-corrected chi connectivity index (χ2v) is 3.58. The molecule has 0 aliphatic rings. The van der Waals surface area contributed by atoms with E-state index in [1.807, 2.05) is 0 Å². The first-order chi connectivity index (χ1) is 10.3. The summed E-state index contributed by atoms with van der Waals surface area (Å²) in [6.45, 7) is 1.90. The van der Waals surface area contributed by atoms with Crippen LogP contribution in [0.4, 0.5) is 0 Å². The lowest BCUT2D eigenvalue weighted by molar-refractivity contribution is -0.138. The highest BCUT2D eigenvalue weighted by Crippen LogP contribution is 2.07. The zero-order chi connectivity index (χ0) is 17.1. The molecule has 0 bridgehead atoms. The topological polar surface area (TPSA) is 138 Å². The lowest BCUT2D eigenvalue weighted by Gasteiger charge is -1.98. The summed E-state index contributed by atoms with van der Waals surface area (Å²) in [4.78, 5) is 41.1. The molecule has 8 nitrogen and oxygen atoms in total. The maximum atomic E-state index is 10.5. The maximum absolute atomic E-state index is 10.5. The zero-order valence-electron chi connectivity index (χ0n) is 11.6. The van der Waals surface area contributed by atoms with E-state index in [4.69, 9.17) is 15.3 Å². The predicted molar refractivity (Wildman–Crippen MR) is 73.8 cm³/mol. The van der Waals surface area contributed by atoms with Gasteiger partial charge in [0.15, 0.2) is 0 Å². The van der Waals surface area contributed by atoms with Gasteiger partial charge in [0.25, 0.3) is 0 Å². The summed E-state index contributed by atoms with van der Waals surface area (Å²) in [5.41, 5.74) is -0.380. The van der Waals surface area contributed by atoms with E-state index in [-0.39, 0.29) is 17.7 Å². The monoisotopic (exact) mass is 310 g/mol. The Morgan fingerprint density at radius 2 is 1.41 bits per heavy atom. The number of aromatic carboxylic acids is 2. The van der Waals surface area contributed by atoms with Crippen LogP contribution in [0, 0.1) is 0 Å². The lowest BCUT2D eigenvalue weighted by Crippen LogP contribution is -2.06. The van der Waals surface area contributed by atoms with Crippen molar-refractivity contribution >= 4 is 23.9 Å². The predicted octanol–water partition coefficient (Wildman–Crippen LogP) is 1.27. The molecule has 0 spiro atoms. The van der Waals surface area contributed by atoms with Gasteiger partial charge in [-0.15, -0.1) is 0 Å². The first-order valence-corrected chi connectivity index (χ1v) is 5.93. The molecular weight excluding hydrogens is 296 g/mol. The number of benzene rings is 1. The van der Waals surface area contributed by atoms with Crippen LogP contribution in [-0.2, 0) is 14.3 Å². The molecule has 0 aromatic heterocycles. The highest BCUT2D eigenvalue weighted by atomic mass is 16.5. The van der Waals surface area contributed by atoms with Crippen molar-refractivity contribution in [3.63, 3.8) is 0 Å². The van der Waals surface area contributed by atoms with Crippen LogP contribution >= 0.6 is 0 Å². The molecule has 0 saturated heterocycles. The lowest BCUT2D eigenvalue weighted by atomic mass is 10.1. The average Bonchev–Trinajstić information content (AvgIpc) is 2.46. The van der Waals surface area contributed by atoms with Crippen molar-refractivity contribution in [2.45, 2.75) is 6.92 Å². The quantitative estimate of drug-likeness (QED) is 0.546. The third kappa shape index (κ3) is 7.43. The summed E-state index contributed by atoms with van der Waals surface area (Å²) in [6, 6.07) is 5.48. The van der Waals surface area contributed by atoms with Crippen molar-refractivity contribution in [3.8, 4) is 0 Å². The fraction of sp³-hybridized carbons (Fsp3) is 0.143. The minimum absolute atomic E-state index is 0.190. The first kappa shape index (κ1) is 18.8. The Labute approximate surface area is 125 Å². The maximum Gasteiger partial charge on any atom is 0.336 e. The number of aliphatic carboxylic acids is 1. The first-order valence-electron chi connectivity index (χ1n) is 5.93. The summed E-state index contributed by atoms with van der Waals surface area (Å²) in [5, 5.41) is 25.1. The van der Waals surface area contributed by atoms with Gasteiger partial charge in [0, 0.05) is 12.2 Å². The molecule has 8 heteroatoms. The van der Waals surface area contributed by atoms with Crippen molar-refractivity contribution in [3.05, 3.63) is 47.5 Å². The van der Waals surface area contributed by atoms with Gasteiger partial charge < -0.3 is 20.1 Å². The number of esters is 1. The van der Waals surface area contributed by atoms with Gasteiger partial charge >= 0.3 is 23.9 Å². The molecule has 0 atom stereocenters. The van der Waals surface area contributed by atoms with Crippen molar-refractivity contribution in [2.75, 3.05) is 6.61 Å². The second kappa shape index (κ2) is 9.70. The number of hydrogen-bond acceptors (Lipinski definition) is 5. The average molecular weight is 310 g/mol. The molecule has 0 unspecified atom stereocenters. The Morgan fingerprint density at radius 3 is 1.73 bits per heavy atom. The molecule has 0 fully saturated rings. The van der Waals surface area contributed by atoms with Gasteiger partial charge in [0.05, 0.1) is 17.7 Å². The van der Waals surface area contributed by atoms with Gasteiger partial charge in [-0.3, -0.25) is 0 Å². The molecule has 118 valence electrons. The summed E-state index contributed by atoms with van der Waals surface area (Å²) in [7, 11) is 0. The van der Waals surface area contributed by atoms with Gasteiger partial charge in [-0.25, -0.2) is 19.2 Å². The Kier molecular flexibility index (Phi) is 8.31. The number of ether oxygens (including phenoxy) is 1.